The van der Waals surface area contributed by atoms with Gasteiger partial charge >= 0.3 is 0 Å². The van der Waals surface area contributed by atoms with Crippen LogP contribution in [0, 0.1) is 18.3 Å². The van der Waals surface area contributed by atoms with Crippen LogP contribution in [0.4, 0.5) is 0 Å². The SMILES string of the molecule is Cc1nc(-c2ccccc2)nc2c1[C@@H]1[C@H](C2)C1(C)C. The maximum absolute atomic E-state index is 4.82. The number of aryl methyl sites for hydroxylation is 1. The lowest BCUT2D eigenvalue weighted by molar-refractivity contribution is 0.534. The monoisotopic (exact) mass is 250 g/mol. The molecule has 0 radical (unpaired) electrons. The summed E-state index contributed by atoms with van der Waals surface area (Å²) in [4.78, 5) is 9.57. The normalized spacial score (nSPS) is 25.8. The molecule has 2 aliphatic rings. The lowest BCUT2D eigenvalue weighted by atomic mass is 9.97. The van der Waals surface area contributed by atoms with Crippen LogP contribution >= 0.6 is 0 Å². The van der Waals surface area contributed by atoms with Gasteiger partial charge in [0.1, 0.15) is 0 Å². The fraction of sp³-hybridized carbons (Fsp3) is 0.412. The topological polar surface area (TPSA) is 25.8 Å². The van der Waals surface area contributed by atoms with Gasteiger partial charge in [-0.3, -0.25) is 0 Å². The molecule has 1 fully saturated rings. The van der Waals surface area contributed by atoms with E-state index in [1.165, 1.54) is 17.0 Å². The lowest BCUT2D eigenvalue weighted by Gasteiger charge is -2.14. The van der Waals surface area contributed by atoms with E-state index in [-0.39, 0.29) is 0 Å². The van der Waals surface area contributed by atoms with E-state index in [1.54, 1.807) is 0 Å². The highest BCUT2D eigenvalue weighted by Crippen LogP contribution is 2.70. The van der Waals surface area contributed by atoms with E-state index in [2.05, 4.69) is 32.9 Å². The summed E-state index contributed by atoms with van der Waals surface area (Å²) in [7, 11) is 0. The molecule has 19 heavy (non-hydrogen) atoms. The Hall–Kier alpha value is -1.70. The highest BCUT2D eigenvalue weighted by atomic mass is 14.9. The average molecular weight is 250 g/mol. The van der Waals surface area contributed by atoms with Crippen LogP contribution in [-0.2, 0) is 6.42 Å². The molecule has 1 aromatic carbocycles. The van der Waals surface area contributed by atoms with E-state index in [9.17, 15) is 0 Å². The second-order valence-corrected chi connectivity index (χ2v) is 6.47. The minimum atomic E-state index is 0.468. The van der Waals surface area contributed by atoms with Crippen molar-refractivity contribution in [2.75, 3.05) is 0 Å². The molecule has 2 aliphatic carbocycles. The fourth-order valence-corrected chi connectivity index (χ4v) is 3.82. The molecule has 1 aromatic heterocycles. The number of fused-ring (bicyclic) bond motifs is 3. The summed E-state index contributed by atoms with van der Waals surface area (Å²) >= 11 is 0. The smallest absolute Gasteiger partial charge is 0.159 e. The first-order valence-corrected chi connectivity index (χ1v) is 7.02. The van der Waals surface area contributed by atoms with Gasteiger partial charge in [0.25, 0.3) is 0 Å². The van der Waals surface area contributed by atoms with Gasteiger partial charge in [0.15, 0.2) is 5.82 Å². The number of aromatic nitrogens is 2. The van der Waals surface area contributed by atoms with E-state index >= 15 is 0 Å². The highest BCUT2D eigenvalue weighted by Gasteiger charge is 2.63. The zero-order chi connectivity index (χ0) is 13.2. The average Bonchev–Trinajstić information content (AvgIpc) is 2.76. The van der Waals surface area contributed by atoms with Crippen LogP contribution < -0.4 is 0 Å². The fourth-order valence-electron chi connectivity index (χ4n) is 3.82. The molecule has 1 heterocycles. The van der Waals surface area contributed by atoms with Crippen LogP contribution in [-0.4, -0.2) is 9.97 Å². The molecule has 0 saturated heterocycles. The molecule has 2 heteroatoms. The van der Waals surface area contributed by atoms with Gasteiger partial charge in [-0.25, -0.2) is 9.97 Å². The molecule has 2 aromatic rings. The van der Waals surface area contributed by atoms with Crippen molar-refractivity contribution in [1.82, 2.24) is 9.97 Å². The molecule has 0 N–H and O–H groups in total. The third kappa shape index (κ3) is 1.43. The second-order valence-electron chi connectivity index (χ2n) is 6.47. The zero-order valence-electron chi connectivity index (χ0n) is 11.6. The van der Waals surface area contributed by atoms with Gasteiger partial charge in [-0.2, -0.15) is 0 Å². The standard InChI is InChI=1S/C17H18N2/c1-10-14-13(9-12-15(14)17(12,2)3)19-16(18-10)11-7-5-4-6-8-11/h4-8,12,15H,9H2,1-3H3/t12-,15-/m0/s1. The van der Waals surface area contributed by atoms with Crippen LogP contribution in [0.2, 0.25) is 0 Å². The Morgan fingerprint density at radius 2 is 1.84 bits per heavy atom. The van der Waals surface area contributed by atoms with Crippen molar-refractivity contribution in [2.24, 2.45) is 11.3 Å². The van der Waals surface area contributed by atoms with Crippen molar-refractivity contribution < 1.29 is 0 Å². The quantitative estimate of drug-likeness (QED) is 0.770. The molecular weight excluding hydrogens is 232 g/mol. The Labute approximate surface area is 113 Å². The number of nitrogens with zero attached hydrogens (tertiary/aromatic N) is 2. The molecule has 0 spiro atoms. The number of rotatable bonds is 1. The summed E-state index contributed by atoms with van der Waals surface area (Å²) in [6.45, 7) is 6.88. The molecule has 2 atom stereocenters. The molecule has 0 amide bonds. The first-order chi connectivity index (χ1) is 9.09. The van der Waals surface area contributed by atoms with Gasteiger partial charge in [-0.15, -0.1) is 0 Å². The van der Waals surface area contributed by atoms with Crippen molar-refractivity contribution in [1.29, 1.82) is 0 Å². The van der Waals surface area contributed by atoms with Gasteiger partial charge in [0.05, 0.1) is 0 Å². The summed E-state index contributed by atoms with van der Waals surface area (Å²) in [5.74, 6) is 2.38. The Kier molecular flexibility index (Phi) is 2.02. The van der Waals surface area contributed by atoms with Gasteiger partial charge < -0.3 is 0 Å². The van der Waals surface area contributed by atoms with E-state index in [0.29, 0.717) is 11.3 Å². The van der Waals surface area contributed by atoms with Crippen molar-refractivity contribution >= 4 is 0 Å². The first kappa shape index (κ1) is 11.2. The van der Waals surface area contributed by atoms with Crippen LogP contribution in [0.25, 0.3) is 11.4 Å². The largest absolute Gasteiger partial charge is 0.233 e. The molecule has 0 unspecified atom stereocenters. The van der Waals surface area contributed by atoms with Crippen LogP contribution in [0.5, 0.6) is 0 Å². The molecule has 96 valence electrons. The van der Waals surface area contributed by atoms with Crippen LogP contribution in [0.15, 0.2) is 30.3 Å². The van der Waals surface area contributed by atoms with Crippen molar-refractivity contribution in [3.63, 3.8) is 0 Å². The third-order valence-corrected chi connectivity index (χ3v) is 5.02. The molecule has 1 saturated carbocycles. The molecule has 0 bridgehead atoms. The summed E-state index contributed by atoms with van der Waals surface area (Å²) < 4.78 is 0. The Bertz CT molecular complexity index is 658. The van der Waals surface area contributed by atoms with E-state index in [4.69, 9.17) is 9.97 Å². The van der Waals surface area contributed by atoms with Gasteiger partial charge in [-0.1, -0.05) is 44.2 Å². The summed E-state index contributed by atoms with van der Waals surface area (Å²) in [6, 6.07) is 10.3. The predicted octanol–water partition coefficient (Wildman–Crippen LogP) is 3.75. The first-order valence-electron chi connectivity index (χ1n) is 7.02. The zero-order valence-corrected chi connectivity index (χ0v) is 11.6. The molecular formula is C17H18N2. The van der Waals surface area contributed by atoms with Crippen LogP contribution in [0.1, 0.15) is 36.7 Å². The van der Waals surface area contributed by atoms with E-state index in [1.807, 2.05) is 18.2 Å². The lowest BCUT2D eigenvalue weighted by Crippen LogP contribution is -2.07. The van der Waals surface area contributed by atoms with Crippen LogP contribution in [0.3, 0.4) is 0 Å². The van der Waals surface area contributed by atoms with Gasteiger partial charge in [0, 0.05) is 17.0 Å². The van der Waals surface area contributed by atoms with Crippen molar-refractivity contribution in [3.05, 3.63) is 47.3 Å². The van der Waals surface area contributed by atoms with E-state index in [0.717, 1.165) is 23.7 Å². The maximum Gasteiger partial charge on any atom is 0.159 e. The van der Waals surface area contributed by atoms with Gasteiger partial charge in [0.2, 0.25) is 0 Å². The summed E-state index contributed by atoms with van der Waals surface area (Å²) in [5.41, 5.74) is 5.50. The second kappa shape index (κ2) is 3.44. The minimum Gasteiger partial charge on any atom is -0.233 e. The van der Waals surface area contributed by atoms with Crippen molar-refractivity contribution in [2.45, 2.75) is 33.1 Å². The molecule has 0 aliphatic heterocycles. The predicted molar refractivity (Wildman–Crippen MR) is 75.9 cm³/mol. The number of hydrogen-bond acceptors (Lipinski definition) is 2. The Morgan fingerprint density at radius 1 is 1.11 bits per heavy atom. The van der Waals surface area contributed by atoms with E-state index < -0.39 is 0 Å². The Morgan fingerprint density at radius 3 is 2.58 bits per heavy atom. The highest BCUT2D eigenvalue weighted by molar-refractivity contribution is 5.57. The third-order valence-electron chi connectivity index (χ3n) is 5.02. The summed E-state index contributed by atoms with van der Waals surface area (Å²) in [5, 5.41) is 0. The van der Waals surface area contributed by atoms with Gasteiger partial charge in [-0.05, 0) is 36.2 Å². The Balaban J connectivity index is 1.82. The molecule has 2 nitrogen and oxygen atoms in total. The number of hydrogen-bond donors (Lipinski definition) is 0. The molecule has 4 rings (SSSR count). The summed E-state index contributed by atoms with van der Waals surface area (Å²) in [6.07, 6.45) is 1.14. The maximum atomic E-state index is 4.82. The minimum absolute atomic E-state index is 0.468. The van der Waals surface area contributed by atoms with Crippen molar-refractivity contribution in [3.8, 4) is 11.4 Å². The number of benzene rings is 1.